The van der Waals surface area contributed by atoms with Gasteiger partial charge in [0, 0.05) is 13.1 Å². The van der Waals surface area contributed by atoms with Gasteiger partial charge in [0.25, 0.3) is 11.8 Å². The standard InChI is InChI=1S/C18H15FN2O3/c19-14-6-3-7-15(16(14)20-8-10-24-11-9-20)21-17(22)12-4-1-2-5-13(12)18(21)23/h1-7H,8-11H2. The summed E-state index contributed by atoms with van der Waals surface area (Å²) in [6.07, 6.45) is 0. The average Bonchev–Trinajstić information content (AvgIpc) is 2.87. The molecule has 1 saturated heterocycles. The third-order valence-corrected chi connectivity index (χ3v) is 4.33. The van der Waals surface area contributed by atoms with Gasteiger partial charge in [-0.2, -0.15) is 0 Å². The summed E-state index contributed by atoms with van der Waals surface area (Å²) in [6, 6.07) is 11.1. The molecule has 2 heterocycles. The Kier molecular flexibility index (Phi) is 3.54. The molecule has 0 spiro atoms. The number of carbonyl (C=O) groups is 2. The highest BCUT2D eigenvalue weighted by Gasteiger charge is 2.38. The minimum Gasteiger partial charge on any atom is -0.378 e. The second-order valence-corrected chi connectivity index (χ2v) is 5.70. The van der Waals surface area contributed by atoms with E-state index in [4.69, 9.17) is 4.74 Å². The highest BCUT2D eigenvalue weighted by molar-refractivity contribution is 6.35. The van der Waals surface area contributed by atoms with Crippen molar-refractivity contribution in [3.05, 3.63) is 59.4 Å². The molecule has 0 aliphatic carbocycles. The summed E-state index contributed by atoms with van der Waals surface area (Å²) in [5.41, 5.74) is 1.25. The predicted octanol–water partition coefficient (Wildman–Crippen LogP) is 2.46. The van der Waals surface area contributed by atoms with E-state index in [1.54, 1.807) is 30.3 Å². The molecule has 2 aromatic rings. The normalized spacial score (nSPS) is 17.4. The van der Waals surface area contributed by atoms with Gasteiger partial charge in [-0.05, 0) is 24.3 Å². The lowest BCUT2D eigenvalue weighted by molar-refractivity contribution is 0.0926. The van der Waals surface area contributed by atoms with Crippen LogP contribution in [0.5, 0.6) is 0 Å². The molecule has 2 amide bonds. The van der Waals surface area contributed by atoms with E-state index in [0.717, 1.165) is 4.90 Å². The second kappa shape index (κ2) is 5.72. The number of carbonyl (C=O) groups excluding carboxylic acids is 2. The molecule has 2 aliphatic heterocycles. The second-order valence-electron chi connectivity index (χ2n) is 5.70. The largest absolute Gasteiger partial charge is 0.378 e. The number of para-hydroxylation sites is 1. The first-order chi connectivity index (χ1) is 11.7. The maximum absolute atomic E-state index is 14.5. The van der Waals surface area contributed by atoms with Crippen LogP contribution < -0.4 is 9.80 Å². The molecule has 2 aromatic carbocycles. The molecule has 0 N–H and O–H groups in total. The van der Waals surface area contributed by atoms with Crippen molar-refractivity contribution in [3.8, 4) is 0 Å². The van der Waals surface area contributed by atoms with Gasteiger partial charge in [-0.15, -0.1) is 0 Å². The number of benzene rings is 2. The van der Waals surface area contributed by atoms with E-state index in [1.165, 1.54) is 12.1 Å². The quantitative estimate of drug-likeness (QED) is 0.796. The summed E-state index contributed by atoms with van der Waals surface area (Å²) in [5, 5.41) is 0. The van der Waals surface area contributed by atoms with Crippen molar-refractivity contribution in [2.75, 3.05) is 36.1 Å². The molecule has 24 heavy (non-hydrogen) atoms. The van der Waals surface area contributed by atoms with E-state index >= 15 is 0 Å². The Morgan fingerprint density at radius 1 is 0.875 bits per heavy atom. The Bertz CT molecular complexity index is 796. The van der Waals surface area contributed by atoms with Crippen molar-refractivity contribution in [2.45, 2.75) is 0 Å². The van der Waals surface area contributed by atoms with Crippen LogP contribution in [-0.4, -0.2) is 38.1 Å². The van der Waals surface area contributed by atoms with Crippen LogP contribution in [0.25, 0.3) is 0 Å². The van der Waals surface area contributed by atoms with Crippen molar-refractivity contribution < 1.29 is 18.7 Å². The Morgan fingerprint density at radius 2 is 1.50 bits per heavy atom. The van der Waals surface area contributed by atoms with Crippen LogP contribution >= 0.6 is 0 Å². The van der Waals surface area contributed by atoms with Crippen LogP contribution in [0.2, 0.25) is 0 Å². The number of anilines is 2. The van der Waals surface area contributed by atoms with Crippen LogP contribution in [0.1, 0.15) is 20.7 Å². The number of halogens is 1. The van der Waals surface area contributed by atoms with Crippen molar-refractivity contribution in [1.29, 1.82) is 0 Å². The van der Waals surface area contributed by atoms with Gasteiger partial charge in [0.2, 0.25) is 0 Å². The monoisotopic (exact) mass is 326 g/mol. The molecule has 6 heteroatoms. The van der Waals surface area contributed by atoms with E-state index in [-0.39, 0.29) is 11.4 Å². The third kappa shape index (κ3) is 2.18. The fourth-order valence-corrected chi connectivity index (χ4v) is 3.19. The summed E-state index contributed by atoms with van der Waals surface area (Å²) in [4.78, 5) is 28.3. The maximum Gasteiger partial charge on any atom is 0.266 e. The minimum absolute atomic E-state index is 0.273. The van der Waals surface area contributed by atoms with E-state index in [0.29, 0.717) is 37.4 Å². The van der Waals surface area contributed by atoms with Crippen molar-refractivity contribution >= 4 is 23.2 Å². The number of rotatable bonds is 2. The zero-order valence-electron chi connectivity index (χ0n) is 12.9. The number of ether oxygens (including phenoxy) is 1. The SMILES string of the molecule is O=C1c2ccccc2C(=O)N1c1cccc(F)c1N1CCOCC1. The minimum atomic E-state index is -0.453. The van der Waals surface area contributed by atoms with Crippen LogP contribution in [-0.2, 0) is 4.74 Å². The summed E-state index contributed by atoms with van der Waals surface area (Å²) >= 11 is 0. The van der Waals surface area contributed by atoms with Crippen LogP contribution in [0.4, 0.5) is 15.8 Å². The number of imide groups is 1. The van der Waals surface area contributed by atoms with Crippen molar-refractivity contribution in [2.24, 2.45) is 0 Å². The summed E-state index contributed by atoms with van der Waals surface area (Å²) < 4.78 is 19.8. The molecule has 0 unspecified atom stereocenters. The highest BCUT2D eigenvalue weighted by Crippen LogP contribution is 2.37. The first-order valence-corrected chi connectivity index (χ1v) is 7.77. The van der Waals surface area contributed by atoms with E-state index < -0.39 is 17.6 Å². The molecule has 2 aliphatic rings. The summed E-state index contributed by atoms with van der Waals surface area (Å²) in [7, 11) is 0. The fourth-order valence-electron chi connectivity index (χ4n) is 3.19. The molecule has 0 atom stereocenters. The molecular weight excluding hydrogens is 311 g/mol. The lowest BCUT2D eigenvalue weighted by atomic mass is 10.1. The van der Waals surface area contributed by atoms with Crippen LogP contribution in [0, 0.1) is 5.82 Å². The molecule has 122 valence electrons. The van der Waals surface area contributed by atoms with Gasteiger partial charge in [0.1, 0.15) is 5.82 Å². The van der Waals surface area contributed by atoms with Gasteiger partial charge in [0.15, 0.2) is 0 Å². The first kappa shape index (κ1) is 14.8. The molecular formula is C18H15FN2O3. The number of amides is 2. The molecule has 4 rings (SSSR count). The van der Waals surface area contributed by atoms with Gasteiger partial charge in [-0.25, -0.2) is 9.29 Å². The zero-order valence-corrected chi connectivity index (χ0v) is 12.9. The molecule has 0 radical (unpaired) electrons. The molecule has 5 nitrogen and oxygen atoms in total. The van der Waals surface area contributed by atoms with E-state index in [2.05, 4.69) is 0 Å². The van der Waals surface area contributed by atoms with Gasteiger partial charge < -0.3 is 9.64 Å². The van der Waals surface area contributed by atoms with E-state index in [9.17, 15) is 14.0 Å². The van der Waals surface area contributed by atoms with Gasteiger partial charge >= 0.3 is 0 Å². The molecule has 1 fully saturated rings. The predicted molar refractivity (Wildman–Crippen MR) is 87.0 cm³/mol. The Hall–Kier alpha value is -2.73. The van der Waals surface area contributed by atoms with Crippen molar-refractivity contribution in [3.63, 3.8) is 0 Å². The lowest BCUT2D eigenvalue weighted by Gasteiger charge is -2.32. The first-order valence-electron chi connectivity index (χ1n) is 7.77. The Morgan fingerprint density at radius 3 is 2.12 bits per heavy atom. The number of morpholine rings is 1. The lowest BCUT2D eigenvalue weighted by Crippen LogP contribution is -2.39. The topological polar surface area (TPSA) is 49.9 Å². The van der Waals surface area contributed by atoms with Gasteiger partial charge in [-0.1, -0.05) is 18.2 Å². The summed E-state index contributed by atoms with van der Waals surface area (Å²) in [5.74, 6) is -1.29. The van der Waals surface area contributed by atoms with Crippen LogP contribution in [0.3, 0.4) is 0 Å². The number of fused-ring (bicyclic) bond motifs is 1. The number of hydrogen-bond acceptors (Lipinski definition) is 4. The highest BCUT2D eigenvalue weighted by atomic mass is 19.1. The van der Waals surface area contributed by atoms with E-state index in [1.807, 2.05) is 4.90 Å². The molecule has 0 saturated carbocycles. The number of nitrogens with zero attached hydrogens (tertiary/aromatic N) is 2. The third-order valence-electron chi connectivity index (χ3n) is 4.33. The molecule has 0 aromatic heterocycles. The van der Waals surface area contributed by atoms with Crippen molar-refractivity contribution in [1.82, 2.24) is 0 Å². The fraction of sp³-hybridized carbons (Fsp3) is 0.222. The smallest absolute Gasteiger partial charge is 0.266 e. The Balaban J connectivity index is 1.82. The summed E-state index contributed by atoms with van der Waals surface area (Å²) in [6.45, 7) is 1.99. The number of hydrogen-bond donors (Lipinski definition) is 0. The van der Waals surface area contributed by atoms with Gasteiger partial charge in [-0.3, -0.25) is 9.59 Å². The van der Waals surface area contributed by atoms with Crippen LogP contribution in [0.15, 0.2) is 42.5 Å². The molecule has 0 bridgehead atoms. The van der Waals surface area contributed by atoms with Gasteiger partial charge in [0.05, 0.1) is 35.7 Å². The Labute approximate surface area is 138 Å². The zero-order chi connectivity index (χ0) is 16.7. The maximum atomic E-state index is 14.5. The average molecular weight is 326 g/mol.